The minimum atomic E-state index is -1.29. The van der Waals surface area contributed by atoms with E-state index in [0.29, 0.717) is 16.9 Å². The van der Waals surface area contributed by atoms with Gasteiger partial charge in [0.2, 0.25) is 29.5 Å². The van der Waals surface area contributed by atoms with Crippen molar-refractivity contribution in [2.45, 2.75) is 137 Å². The first-order valence-corrected chi connectivity index (χ1v) is 24.6. The molecule has 73 heavy (non-hydrogen) atoms. The summed E-state index contributed by atoms with van der Waals surface area (Å²) in [5, 5.41) is 23.1. The van der Waals surface area contributed by atoms with Gasteiger partial charge >= 0.3 is 12.1 Å². The van der Waals surface area contributed by atoms with Crippen molar-refractivity contribution in [3.05, 3.63) is 137 Å². The molecular weight excluding hydrogens is 929 g/mol. The van der Waals surface area contributed by atoms with Gasteiger partial charge in [0.1, 0.15) is 25.0 Å². The molecule has 0 fully saturated rings. The second-order valence-corrected chi connectivity index (χ2v) is 20.1. The van der Waals surface area contributed by atoms with E-state index in [1.807, 2.05) is 114 Å². The Bertz CT molecular complexity index is 2580. The Balaban J connectivity index is 1.31. The van der Waals surface area contributed by atoms with E-state index in [0.717, 1.165) is 40.5 Å². The lowest BCUT2D eigenvalue weighted by Crippen LogP contribution is -2.54. The third-order valence-electron chi connectivity index (χ3n) is 12.4. The number of nitrogens with one attached hydrogen (secondary N) is 5. The standard InChI is InChI=1S/C57H72N6O10/c1-10-40-18-12-13-20-42(40)34-63(46-22-15-14-19-41(46)11-2)50(67)29-28-48(65)62-52(37(3)4)54(71)60-45(27-30-51(68)69)53(70)59-44-25-23-38(24-26-44)36-73-55(72)58-33-39-17-16-21-43(31-39)57(8,9)32-49(66)61-47(35-64)56(5,6)7/h11-26,31,35,37,45,47,52H,2,10,27-30,32-34,36H2,1,3-9H3,(H,58,72)(H,59,70)(H,60,71)(H,61,66)(H,62,65)(H,68,69)/t45-,47+,52-/m0/s1. The Labute approximate surface area is 429 Å². The average Bonchev–Trinajstić information content (AvgIpc) is 3.35. The highest BCUT2D eigenvalue weighted by molar-refractivity contribution is 6.00. The van der Waals surface area contributed by atoms with Crippen molar-refractivity contribution in [3.63, 3.8) is 0 Å². The third kappa shape index (κ3) is 18.2. The number of aryl methyl sites for hydroxylation is 1. The van der Waals surface area contributed by atoms with E-state index in [4.69, 9.17) is 4.74 Å². The van der Waals surface area contributed by atoms with Crippen LogP contribution in [0.25, 0.3) is 6.08 Å². The zero-order valence-corrected chi connectivity index (χ0v) is 43.3. The van der Waals surface area contributed by atoms with Crippen molar-refractivity contribution >= 4 is 65.3 Å². The van der Waals surface area contributed by atoms with Crippen molar-refractivity contribution in [1.82, 2.24) is 21.3 Å². The van der Waals surface area contributed by atoms with Gasteiger partial charge in [0, 0.05) is 37.9 Å². The van der Waals surface area contributed by atoms with Crippen molar-refractivity contribution < 1.29 is 48.2 Å². The zero-order valence-electron chi connectivity index (χ0n) is 43.3. The number of aldehydes is 1. The molecule has 0 spiro atoms. The normalized spacial score (nSPS) is 12.6. The number of amides is 6. The number of ether oxygens (including phenoxy) is 1. The molecule has 4 aromatic rings. The minimum Gasteiger partial charge on any atom is -0.481 e. The number of carbonyl (C=O) groups excluding carboxylic acids is 7. The van der Waals surface area contributed by atoms with Crippen LogP contribution in [0, 0.1) is 11.3 Å². The van der Waals surface area contributed by atoms with Gasteiger partial charge in [-0.3, -0.25) is 28.8 Å². The molecule has 6 N–H and O–H groups in total. The molecule has 4 aromatic carbocycles. The van der Waals surface area contributed by atoms with E-state index in [-0.39, 0.29) is 57.2 Å². The predicted octanol–water partition coefficient (Wildman–Crippen LogP) is 8.16. The second-order valence-electron chi connectivity index (χ2n) is 20.1. The van der Waals surface area contributed by atoms with Crippen LogP contribution in [0.4, 0.5) is 16.2 Å². The summed E-state index contributed by atoms with van der Waals surface area (Å²) in [6, 6.07) is 26.1. The van der Waals surface area contributed by atoms with Gasteiger partial charge in [-0.2, -0.15) is 0 Å². The lowest BCUT2D eigenvalue weighted by Gasteiger charge is -2.30. The molecule has 0 unspecified atom stereocenters. The summed E-state index contributed by atoms with van der Waals surface area (Å²) in [6.45, 7) is 19.2. The first-order chi connectivity index (χ1) is 34.5. The molecular formula is C57H72N6O10. The molecule has 0 aliphatic heterocycles. The van der Waals surface area contributed by atoms with E-state index in [1.165, 1.54) is 0 Å². The molecule has 0 bridgehead atoms. The summed E-state index contributed by atoms with van der Waals surface area (Å²) in [4.78, 5) is 105. The zero-order chi connectivity index (χ0) is 53.9. The topological polar surface area (TPSA) is 229 Å². The van der Waals surface area contributed by atoms with Crippen molar-refractivity contribution in [1.29, 1.82) is 0 Å². The third-order valence-corrected chi connectivity index (χ3v) is 12.4. The van der Waals surface area contributed by atoms with Gasteiger partial charge in [-0.1, -0.05) is 147 Å². The Kier molecular flexibility index (Phi) is 21.7. The van der Waals surface area contributed by atoms with Crippen LogP contribution in [0.15, 0.2) is 104 Å². The molecule has 4 rings (SSSR count). The number of hydrogen-bond donors (Lipinski definition) is 6. The number of para-hydroxylation sites is 1. The smallest absolute Gasteiger partial charge is 0.407 e. The summed E-state index contributed by atoms with van der Waals surface area (Å²) < 4.78 is 5.42. The molecule has 0 aromatic heterocycles. The number of carbonyl (C=O) groups is 8. The molecule has 0 aliphatic carbocycles. The molecule has 16 heteroatoms. The van der Waals surface area contributed by atoms with E-state index in [9.17, 15) is 43.5 Å². The number of anilines is 2. The monoisotopic (exact) mass is 1000 g/mol. The van der Waals surface area contributed by atoms with Crippen molar-refractivity contribution in [3.8, 4) is 0 Å². The number of benzene rings is 4. The quantitative estimate of drug-likeness (QED) is 0.0331. The summed E-state index contributed by atoms with van der Waals surface area (Å²) in [5.74, 6) is -4.13. The number of rotatable bonds is 26. The van der Waals surface area contributed by atoms with Crippen molar-refractivity contribution in [2.24, 2.45) is 11.3 Å². The highest BCUT2D eigenvalue weighted by Crippen LogP contribution is 2.29. The average molecular weight is 1000 g/mol. The molecule has 6 amide bonds. The Morgan fingerprint density at radius 3 is 2.05 bits per heavy atom. The number of alkyl carbamates (subject to hydrolysis) is 1. The summed E-state index contributed by atoms with van der Waals surface area (Å²) in [7, 11) is 0. The van der Waals surface area contributed by atoms with E-state index >= 15 is 0 Å². The van der Waals surface area contributed by atoms with Crippen LogP contribution in [0.3, 0.4) is 0 Å². The Morgan fingerprint density at radius 1 is 0.753 bits per heavy atom. The molecule has 0 heterocycles. The molecule has 3 atom stereocenters. The SMILES string of the molecule is C=Cc1ccccc1N(Cc1ccccc1CC)C(=O)CCC(=O)N[C@H](C(=O)N[C@@H](CCC(=O)O)C(=O)Nc1ccc(COC(=O)NCc2cccc(C(C)(C)CC(=O)N[C@H](C=O)C(C)(C)C)c2)cc1)C(C)C. The van der Waals surface area contributed by atoms with E-state index < -0.39 is 71.1 Å². The largest absolute Gasteiger partial charge is 0.481 e. The molecule has 0 aliphatic rings. The fourth-order valence-corrected chi connectivity index (χ4v) is 7.95. The second kappa shape index (κ2) is 27.3. The van der Waals surface area contributed by atoms with Crippen LogP contribution in [0.2, 0.25) is 0 Å². The fourth-order valence-electron chi connectivity index (χ4n) is 7.95. The Hall–Kier alpha value is -7.62. The van der Waals surface area contributed by atoms with Crippen LogP contribution in [0.1, 0.15) is 121 Å². The van der Waals surface area contributed by atoms with Gasteiger partial charge in [0.25, 0.3) is 0 Å². The first kappa shape index (κ1) is 58.0. The van der Waals surface area contributed by atoms with Gasteiger partial charge in [0.15, 0.2) is 0 Å². The lowest BCUT2D eigenvalue weighted by atomic mass is 9.80. The van der Waals surface area contributed by atoms with Gasteiger partial charge in [-0.25, -0.2) is 4.79 Å². The van der Waals surface area contributed by atoms with Crippen LogP contribution in [0.5, 0.6) is 0 Å². The minimum absolute atomic E-state index is 0.0959. The molecule has 0 saturated heterocycles. The first-order valence-electron chi connectivity index (χ1n) is 24.6. The molecule has 16 nitrogen and oxygen atoms in total. The number of carboxylic acids is 1. The maximum atomic E-state index is 13.9. The molecule has 0 saturated carbocycles. The number of carboxylic acid groups (broad SMARTS) is 1. The van der Waals surface area contributed by atoms with Crippen LogP contribution in [-0.2, 0) is 69.8 Å². The maximum Gasteiger partial charge on any atom is 0.407 e. The van der Waals surface area contributed by atoms with Gasteiger partial charge in [-0.05, 0) is 81.2 Å². The summed E-state index contributed by atoms with van der Waals surface area (Å²) in [6.07, 6.45) is 1.58. The van der Waals surface area contributed by atoms with E-state index in [1.54, 1.807) is 49.1 Å². The molecule has 0 radical (unpaired) electrons. The van der Waals surface area contributed by atoms with Gasteiger partial charge in [-0.15, -0.1) is 0 Å². The summed E-state index contributed by atoms with van der Waals surface area (Å²) >= 11 is 0. The number of hydrogen-bond acceptors (Lipinski definition) is 9. The highest BCUT2D eigenvalue weighted by atomic mass is 16.5. The van der Waals surface area contributed by atoms with Gasteiger partial charge in [0.05, 0.1) is 18.3 Å². The lowest BCUT2D eigenvalue weighted by molar-refractivity contribution is -0.138. The number of aliphatic carboxylic acids is 1. The van der Waals surface area contributed by atoms with Crippen molar-refractivity contribution in [2.75, 3.05) is 10.2 Å². The highest BCUT2D eigenvalue weighted by Gasteiger charge is 2.32. The summed E-state index contributed by atoms with van der Waals surface area (Å²) in [5.41, 5.74) is 5.05. The van der Waals surface area contributed by atoms with Gasteiger partial charge < -0.3 is 46.1 Å². The Morgan fingerprint density at radius 2 is 1.42 bits per heavy atom. The van der Waals surface area contributed by atoms with Crippen LogP contribution >= 0.6 is 0 Å². The maximum absolute atomic E-state index is 13.9. The van der Waals surface area contributed by atoms with E-state index in [2.05, 4.69) is 33.2 Å². The van der Waals surface area contributed by atoms with Crippen LogP contribution < -0.4 is 31.5 Å². The number of nitrogens with zero attached hydrogens (tertiary/aromatic N) is 1. The predicted molar refractivity (Wildman–Crippen MR) is 282 cm³/mol. The van der Waals surface area contributed by atoms with Crippen LogP contribution in [-0.4, -0.2) is 71.1 Å². The fraction of sp³-hybridized carbons (Fsp3) is 0.404. The molecule has 390 valence electrons.